The third-order valence-electron chi connectivity index (χ3n) is 6.06. The Balaban J connectivity index is 1.49. The Bertz CT molecular complexity index is 1170. The van der Waals surface area contributed by atoms with Gasteiger partial charge in [-0.2, -0.15) is 0 Å². The van der Waals surface area contributed by atoms with E-state index in [2.05, 4.69) is 10.3 Å². The fourth-order valence-corrected chi connectivity index (χ4v) is 5.93. The summed E-state index contributed by atoms with van der Waals surface area (Å²) in [4.78, 5) is 46.6. The lowest BCUT2D eigenvalue weighted by atomic mass is 10.0. The fourth-order valence-electron chi connectivity index (χ4n) is 4.27. The van der Waals surface area contributed by atoms with Gasteiger partial charge in [0.05, 0.1) is 17.9 Å². The van der Waals surface area contributed by atoms with Crippen LogP contribution < -0.4 is 10.2 Å². The van der Waals surface area contributed by atoms with E-state index in [1.807, 2.05) is 36.4 Å². The van der Waals surface area contributed by atoms with Crippen LogP contribution in [-0.2, 0) is 9.59 Å². The molecule has 1 aromatic heterocycles. The molecule has 2 unspecified atom stereocenters. The van der Waals surface area contributed by atoms with Crippen molar-refractivity contribution < 1.29 is 14.4 Å². The third-order valence-corrected chi connectivity index (χ3v) is 7.74. The van der Waals surface area contributed by atoms with E-state index in [4.69, 9.17) is 11.6 Å². The predicted molar refractivity (Wildman–Crippen MR) is 129 cm³/mol. The highest BCUT2D eigenvalue weighted by Crippen LogP contribution is 2.47. The molecule has 2 aromatic rings. The van der Waals surface area contributed by atoms with E-state index < -0.39 is 17.3 Å². The molecular weight excluding hydrogens is 460 g/mol. The van der Waals surface area contributed by atoms with Gasteiger partial charge in [0.25, 0.3) is 5.91 Å². The summed E-state index contributed by atoms with van der Waals surface area (Å²) in [5.74, 6) is 0.0163. The molecule has 2 atom stereocenters. The van der Waals surface area contributed by atoms with E-state index in [1.54, 1.807) is 17.3 Å². The van der Waals surface area contributed by atoms with Crippen LogP contribution in [0.1, 0.15) is 36.8 Å². The number of hydrogen-bond acceptors (Lipinski definition) is 5. The number of nitrogens with zero attached hydrogens (tertiary/aromatic N) is 3. The van der Waals surface area contributed by atoms with E-state index in [9.17, 15) is 14.4 Å². The fraction of sp³-hybridized carbons (Fsp3) is 0.333. The highest BCUT2D eigenvalue weighted by atomic mass is 35.5. The normalized spacial score (nSPS) is 22.3. The quantitative estimate of drug-likeness (QED) is 0.671. The number of amides is 4. The molecule has 3 heterocycles. The highest BCUT2D eigenvalue weighted by Gasteiger charge is 2.49. The Kier molecular flexibility index (Phi) is 5.88. The summed E-state index contributed by atoms with van der Waals surface area (Å²) in [6.45, 7) is 2.02. The Labute approximate surface area is 201 Å². The second kappa shape index (κ2) is 8.83. The van der Waals surface area contributed by atoms with Crippen LogP contribution in [0.15, 0.2) is 48.8 Å². The van der Waals surface area contributed by atoms with Gasteiger partial charge in [0.2, 0.25) is 5.91 Å². The summed E-state index contributed by atoms with van der Waals surface area (Å²) < 4.78 is 0. The second-order valence-electron chi connectivity index (χ2n) is 8.42. The zero-order valence-corrected chi connectivity index (χ0v) is 19.6. The summed E-state index contributed by atoms with van der Waals surface area (Å²) in [6, 6.07) is 8.54. The van der Waals surface area contributed by atoms with Gasteiger partial charge < -0.3 is 10.2 Å². The number of fused-ring (bicyclic) bond motifs is 1. The monoisotopic (exact) mass is 482 g/mol. The third kappa shape index (κ3) is 4.25. The van der Waals surface area contributed by atoms with Crippen molar-refractivity contribution in [2.75, 3.05) is 18.0 Å². The predicted octanol–water partition coefficient (Wildman–Crippen LogP) is 4.04. The zero-order valence-electron chi connectivity index (χ0n) is 18.0. The Morgan fingerprint density at radius 2 is 2.03 bits per heavy atom. The average Bonchev–Trinajstić information content (AvgIpc) is 3.55. The summed E-state index contributed by atoms with van der Waals surface area (Å²) in [5, 5.41) is 2.84. The molecule has 3 aliphatic rings. The van der Waals surface area contributed by atoms with Crippen LogP contribution >= 0.6 is 23.4 Å². The molecule has 9 heteroatoms. The highest BCUT2D eigenvalue weighted by molar-refractivity contribution is 8.09. The van der Waals surface area contributed by atoms with Gasteiger partial charge >= 0.3 is 6.03 Å². The van der Waals surface area contributed by atoms with Gasteiger partial charge in [0.1, 0.15) is 5.25 Å². The molecule has 170 valence electrons. The van der Waals surface area contributed by atoms with Crippen molar-refractivity contribution in [3.05, 3.63) is 65.0 Å². The first-order valence-corrected chi connectivity index (χ1v) is 12.2. The maximum Gasteiger partial charge on any atom is 0.332 e. The summed E-state index contributed by atoms with van der Waals surface area (Å²) in [7, 11) is 0. The van der Waals surface area contributed by atoms with Crippen molar-refractivity contribution in [2.24, 2.45) is 0 Å². The van der Waals surface area contributed by atoms with Crippen LogP contribution in [0, 0.1) is 0 Å². The number of imide groups is 1. The number of benzene rings is 1. The van der Waals surface area contributed by atoms with E-state index >= 15 is 0 Å². The number of carbonyl (C=O) groups excluding carboxylic acids is 3. The number of rotatable bonds is 6. The Hall–Kier alpha value is -2.84. The summed E-state index contributed by atoms with van der Waals surface area (Å²) >= 11 is 7.83. The minimum Gasteiger partial charge on any atom is -0.355 e. The lowest BCUT2D eigenvalue weighted by Crippen LogP contribution is -2.63. The Morgan fingerprint density at radius 3 is 2.76 bits per heavy atom. The van der Waals surface area contributed by atoms with E-state index in [-0.39, 0.29) is 18.4 Å². The van der Waals surface area contributed by atoms with Gasteiger partial charge in [0.15, 0.2) is 0 Å². The maximum atomic E-state index is 13.6. The van der Waals surface area contributed by atoms with Gasteiger partial charge in [-0.1, -0.05) is 29.8 Å². The first-order valence-electron chi connectivity index (χ1n) is 10.9. The topological polar surface area (TPSA) is 82.6 Å². The molecule has 0 radical (unpaired) electrons. The average molecular weight is 483 g/mol. The largest absolute Gasteiger partial charge is 0.355 e. The van der Waals surface area contributed by atoms with E-state index in [1.165, 1.54) is 23.6 Å². The molecule has 0 bridgehead atoms. The Morgan fingerprint density at radius 1 is 1.24 bits per heavy atom. The van der Waals surface area contributed by atoms with Crippen molar-refractivity contribution in [1.29, 1.82) is 0 Å². The molecule has 1 saturated carbocycles. The molecule has 5 rings (SSSR count). The number of urea groups is 1. The smallest absolute Gasteiger partial charge is 0.332 e. The molecule has 33 heavy (non-hydrogen) atoms. The molecule has 7 nitrogen and oxygen atoms in total. The van der Waals surface area contributed by atoms with Crippen LogP contribution in [0.4, 0.5) is 10.5 Å². The second-order valence-corrected chi connectivity index (χ2v) is 10.0. The van der Waals surface area contributed by atoms with Crippen molar-refractivity contribution >= 4 is 51.8 Å². The molecule has 2 fully saturated rings. The number of hydrogen-bond donors (Lipinski definition) is 1. The molecule has 0 spiro atoms. The lowest BCUT2D eigenvalue weighted by molar-refractivity contribution is -0.120. The van der Waals surface area contributed by atoms with Gasteiger partial charge in [0, 0.05) is 41.7 Å². The minimum atomic E-state index is -0.504. The number of halogens is 1. The van der Waals surface area contributed by atoms with Crippen molar-refractivity contribution in [2.45, 2.75) is 37.0 Å². The van der Waals surface area contributed by atoms with E-state index in [0.29, 0.717) is 23.2 Å². The number of pyridine rings is 1. The molecule has 1 aromatic carbocycles. The molecular formula is C24H23ClN4O3S. The number of thioether (sulfide) groups is 1. The summed E-state index contributed by atoms with van der Waals surface area (Å²) in [5.41, 5.74) is 2.38. The number of aromatic nitrogens is 1. The first kappa shape index (κ1) is 22.0. The number of carbonyl (C=O) groups is 3. The maximum absolute atomic E-state index is 13.6. The number of nitrogens with one attached hydrogen (secondary N) is 1. The van der Waals surface area contributed by atoms with Crippen molar-refractivity contribution in [3.63, 3.8) is 0 Å². The number of anilines is 1. The SMILES string of the molecule is CC(=O)NCCN1C(=O)N(c2cncc(C3CC3)c2)C(=O)C2SC(c3ccccc3Cl)=CC21. The van der Waals surface area contributed by atoms with Gasteiger partial charge in [-0.05, 0) is 42.5 Å². The molecule has 1 N–H and O–H groups in total. The first-order chi connectivity index (χ1) is 15.9. The molecule has 1 aliphatic carbocycles. The zero-order chi connectivity index (χ0) is 23.1. The van der Waals surface area contributed by atoms with Crippen LogP contribution in [0.3, 0.4) is 0 Å². The summed E-state index contributed by atoms with van der Waals surface area (Å²) in [6.07, 6.45) is 7.51. The molecule has 2 aliphatic heterocycles. The molecule has 4 amide bonds. The van der Waals surface area contributed by atoms with Crippen LogP contribution in [0.5, 0.6) is 0 Å². The van der Waals surface area contributed by atoms with Gasteiger partial charge in [-0.15, -0.1) is 11.8 Å². The van der Waals surface area contributed by atoms with Gasteiger partial charge in [-0.25, -0.2) is 9.69 Å². The van der Waals surface area contributed by atoms with Crippen molar-refractivity contribution in [3.8, 4) is 0 Å². The van der Waals surface area contributed by atoms with Crippen LogP contribution in [-0.4, -0.2) is 52.1 Å². The minimum absolute atomic E-state index is 0.168. The van der Waals surface area contributed by atoms with Crippen LogP contribution in [0.2, 0.25) is 5.02 Å². The standard InChI is InChI=1S/C24H23ClN4O3S/c1-14(30)27-8-9-28-20-11-21(18-4-2-3-5-19(18)25)33-22(20)23(31)29(24(28)32)17-10-16(12-26-13-17)15-6-7-15/h2-5,10-13,15,20,22H,6-9H2,1H3,(H,27,30). The van der Waals surface area contributed by atoms with Crippen molar-refractivity contribution in [1.82, 2.24) is 15.2 Å². The lowest BCUT2D eigenvalue weighted by Gasteiger charge is -2.41. The van der Waals surface area contributed by atoms with E-state index in [0.717, 1.165) is 28.9 Å². The van der Waals surface area contributed by atoms with Crippen LogP contribution in [0.25, 0.3) is 4.91 Å². The molecule has 1 saturated heterocycles. The van der Waals surface area contributed by atoms with Gasteiger partial charge in [-0.3, -0.25) is 14.6 Å².